The van der Waals surface area contributed by atoms with Crippen molar-refractivity contribution in [3.05, 3.63) is 39.3 Å². The van der Waals surface area contributed by atoms with E-state index >= 15 is 0 Å². The number of benzene rings is 1. The normalized spacial score (nSPS) is 33.8. The predicted octanol–water partition coefficient (Wildman–Crippen LogP) is 5.77. The second-order valence-electron chi connectivity index (χ2n) is 8.29. The highest BCUT2D eigenvalue weighted by Gasteiger charge is 2.74. The summed E-state index contributed by atoms with van der Waals surface area (Å²) in [4.78, 5) is 19.2. The van der Waals surface area contributed by atoms with Gasteiger partial charge in [0.25, 0.3) is 5.91 Å². The first-order chi connectivity index (χ1) is 12.4. The molecule has 1 amide bonds. The largest absolute Gasteiger partial charge is 0.326 e. The van der Waals surface area contributed by atoms with Crippen molar-refractivity contribution in [1.82, 2.24) is 9.88 Å². The molecule has 5 atom stereocenters. The van der Waals surface area contributed by atoms with E-state index in [9.17, 15) is 4.79 Å². The van der Waals surface area contributed by atoms with Gasteiger partial charge in [0.15, 0.2) is 0 Å². The fourth-order valence-corrected chi connectivity index (χ4v) is 5.58. The van der Waals surface area contributed by atoms with Crippen LogP contribution in [0.3, 0.4) is 0 Å². The van der Waals surface area contributed by atoms with E-state index in [1.807, 2.05) is 22.4 Å². The zero-order chi connectivity index (χ0) is 18.2. The lowest BCUT2D eigenvalue weighted by molar-refractivity contribution is 0.0810. The molecule has 2 saturated carbocycles. The molecule has 6 heteroatoms. The number of carbonyl (C=O) groups is 1. The Morgan fingerprint density at radius 2 is 2.12 bits per heavy atom. The SMILES string of the molecule is CC1C[C@@]1(C)CC[C@@H]1C2[C@@H]1N2C(=O)c1csc(-c2cccc(Cl)c2Cl)n1. The van der Waals surface area contributed by atoms with Crippen molar-refractivity contribution in [2.24, 2.45) is 17.3 Å². The molecular weight excluding hydrogens is 387 g/mol. The third kappa shape index (κ3) is 2.61. The van der Waals surface area contributed by atoms with Crippen molar-refractivity contribution in [2.45, 2.75) is 45.2 Å². The Kier molecular flexibility index (Phi) is 3.73. The van der Waals surface area contributed by atoms with Gasteiger partial charge in [-0.05, 0) is 36.7 Å². The summed E-state index contributed by atoms with van der Waals surface area (Å²) in [6, 6.07) is 6.42. The maximum Gasteiger partial charge on any atom is 0.274 e. The number of aromatic nitrogens is 1. The molecule has 0 radical (unpaired) electrons. The molecule has 26 heavy (non-hydrogen) atoms. The van der Waals surface area contributed by atoms with Crippen molar-refractivity contribution in [2.75, 3.05) is 0 Å². The first kappa shape index (κ1) is 17.0. The van der Waals surface area contributed by atoms with Gasteiger partial charge >= 0.3 is 0 Å². The van der Waals surface area contributed by atoms with Gasteiger partial charge < -0.3 is 4.90 Å². The number of amides is 1. The van der Waals surface area contributed by atoms with Crippen LogP contribution in [0.5, 0.6) is 0 Å². The van der Waals surface area contributed by atoms with Gasteiger partial charge in [0, 0.05) is 16.9 Å². The molecule has 1 saturated heterocycles. The summed E-state index contributed by atoms with van der Waals surface area (Å²) in [5, 5.41) is 3.55. The topological polar surface area (TPSA) is 33.0 Å². The van der Waals surface area contributed by atoms with E-state index in [1.54, 1.807) is 6.07 Å². The van der Waals surface area contributed by atoms with E-state index in [1.165, 1.54) is 30.6 Å². The number of thiazole rings is 1. The molecule has 2 heterocycles. The first-order valence-corrected chi connectivity index (χ1v) is 10.8. The van der Waals surface area contributed by atoms with E-state index in [-0.39, 0.29) is 5.91 Å². The molecule has 3 nitrogen and oxygen atoms in total. The highest BCUT2D eigenvalue weighted by molar-refractivity contribution is 7.13. The summed E-state index contributed by atoms with van der Waals surface area (Å²) >= 11 is 13.8. The van der Waals surface area contributed by atoms with Crippen molar-refractivity contribution in [3.8, 4) is 10.6 Å². The number of hydrogen-bond acceptors (Lipinski definition) is 3. The Hall–Kier alpha value is -1.10. The summed E-state index contributed by atoms with van der Waals surface area (Å²) in [6.07, 6.45) is 3.94. The van der Waals surface area contributed by atoms with Crippen LogP contribution in [0.1, 0.15) is 43.6 Å². The van der Waals surface area contributed by atoms with E-state index in [0.717, 1.165) is 22.4 Å². The summed E-state index contributed by atoms with van der Waals surface area (Å²) in [5.74, 6) is 1.66. The molecule has 1 aromatic heterocycles. The quantitative estimate of drug-likeness (QED) is 0.590. The molecule has 2 aliphatic carbocycles. The molecular formula is C20H20Cl2N2OS. The monoisotopic (exact) mass is 406 g/mol. The Balaban J connectivity index is 1.21. The molecule has 0 bridgehead atoms. The molecule has 136 valence electrons. The predicted molar refractivity (Wildman–Crippen MR) is 106 cm³/mol. The van der Waals surface area contributed by atoms with Crippen LogP contribution in [0.4, 0.5) is 0 Å². The molecule has 5 rings (SSSR count). The molecule has 2 aromatic rings. The lowest BCUT2D eigenvalue weighted by atomic mass is 9.97. The van der Waals surface area contributed by atoms with Gasteiger partial charge in [0.1, 0.15) is 10.7 Å². The Morgan fingerprint density at radius 1 is 1.38 bits per heavy atom. The van der Waals surface area contributed by atoms with Gasteiger partial charge in [0.05, 0.1) is 22.1 Å². The van der Waals surface area contributed by atoms with Crippen molar-refractivity contribution in [1.29, 1.82) is 0 Å². The van der Waals surface area contributed by atoms with E-state index in [0.29, 0.717) is 33.2 Å². The third-order valence-corrected chi connectivity index (χ3v) is 8.32. The summed E-state index contributed by atoms with van der Waals surface area (Å²) in [7, 11) is 0. The van der Waals surface area contributed by atoms with Crippen LogP contribution in [-0.2, 0) is 0 Å². The average Bonchev–Trinajstić information content (AvgIpc) is 3.53. The van der Waals surface area contributed by atoms with Crippen LogP contribution in [-0.4, -0.2) is 27.9 Å². The molecule has 1 aromatic carbocycles. The van der Waals surface area contributed by atoms with Gasteiger partial charge in [-0.2, -0.15) is 0 Å². The molecule has 2 unspecified atom stereocenters. The van der Waals surface area contributed by atoms with Crippen LogP contribution in [0.25, 0.3) is 10.6 Å². The maximum absolute atomic E-state index is 12.7. The molecule has 3 fully saturated rings. The minimum Gasteiger partial charge on any atom is -0.326 e. The smallest absolute Gasteiger partial charge is 0.274 e. The summed E-state index contributed by atoms with van der Waals surface area (Å²) in [5.41, 5.74) is 1.88. The molecule has 0 spiro atoms. The van der Waals surface area contributed by atoms with Crippen LogP contribution >= 0.6 is 34.5 Å². The van der Waals surface area contributed by atoms with Crippen LogP contribution in [0.2, 0.25) is 10.0 Å². The highest BCUT2D eigenvalue weighted by Crippen LogP contribution is 2.63. The van der Waals surface area contributed by atoms with E-state index in [2.05, 4.69) is 18.8 Å². The Bertz CT molecular complexity index is 903. The average molecular weight is 407 g/mol. The summed E-state index contributed by atoms with van der Waals surface area (Å²) < 4.78 is 0. The lowest BCUT2D eigenvalue weighted by Crippen LogP contribution is -2.25. The highest BCUT2D eigenvalue weighted by atomic mass is 35.5. The molecule has 3 aliphatic rings. The lowest BCUT2D eigenvalue weighted by Gasteiger charge is -2.16. The van der Waals surface area contributed by atoms with Gasteiger partial charge in [-0.1, -0.05) is 49.2 Å². The van der Waals surface area contributed by atoms with E-state index in [4.69, 9.17) is 23.2 Å². The fraction of sp³-hybridized carbons (Fsp3) is 0.500. The number of likely N-dealkylation sites (tertiary alicyclic amines) is 1. The standard InChI is InChI=1S/C20H20Cl2N2OS/c1-10-8-20(10,2)7-6-12-16-17(12)24(16)19(25)14-9-26-18(23-14)11-4-3-5-13(21)15(11)22/h3-5,9-10,12,16-17H,6-8H2,1-2H3/t10?,12-,16+,17?,20+,24?/m0/s1. The van der Waals surface area contributed by atoms with Crippen molar-refractivity contribution >= 4 is 40.4 Å². The van der Waals surface area contributed by atoms with E-state index < -0.39 is 0 Å². The minimum atomic E-state index is 0.0582. The number of nitrogens with zero attached hydrogens (tertiary/aromatic N) is 2. The number of rotatable bonds is 5. The number of halogens is 2. The molecule has 1 aliphatic heterocycles. The molecule has 0 N–H and O–H groups in total. The zero-order valence-electron chi connectivity index (χ0n) is 14.7. The van der Waals surface area contributed by atoms with Gasteiger partial charge in [-0.25, -0.2) is 4.98 Å². The Labute approximate surface area is 167 Å². The number of carbonyl (C=O) groups excluding carboxylic acids is 1. The van der Waals surface area contributed by atoms with Crippen LogP contribution in [0.15, 0.2) is 23.6 Å². The second kappa shape index (κ2) is 5.70. The van der Waals surface area contributed by atoms with Gasteiger partial charge in [-0.15, -0.1) is 11.3 Å². The van der Waals surface area contributed by atoms with Crippen molar-refractivity contribution in [3.63, 3.8) is 0 Å². The Morgan fingerprint density at radius 3 is 2.81 bits per heavy atom. The minimum absolute atomic E-state index is 0.0582. The number of fused-ring (bicyclic) bond motifs is 1. The first-order valence-electron chi connectivity index (χ1n) is 9.13. The van der Waals surface area contributed by atoms with Crippen molar-refractivity contribution < 1.29 is 4.79 Å². The zero-order valence-corrected chi connectivity index (χ0v) is 17.0. The third-order valence-electron chi connectivity index (χ3n) is 6.63. The van der Waals surface area contributed by atoms with Crippen LogP contribution < -0.4 is 0 Å². The fourth-order valence-electron chi connectivity index (χ4n) is 4.31. The van der Waals surface area contributed by atoms with Gasteiger partial charge in [0.2, 0.25) is 0 Å². The van der Waals surface area contributed by atoms with Gasteiger partial charge in [-0.3, -0.25) is 4.79 Å². The summed E-state index contributed by atoms with van der Waals surface area (Å²) in [6.45, 7) is 4.74. The van der Waals surface area contributed by atoms with Crippen LogP contribution in [0, 0.1) is 17.3 Å². The second-order valence-corrected chi connectivity index (χ2v) is 9.94. The number of hydrogen-bond donors (Lipinski definition) is 0. The maximum atomic E-state index is 12.7.